The van der Waals surface area contributed by atoms with Crippen LogP contribution in [0.5, 0.6) is 5.75 Å². The maximum atomic E-state index is 12.5. The molecule has 0 N–H and O–H groups in total. The number of ether oxygens (including phenoxy) is 1. The number of hydrogen-bond donors (Lipinski definition) is 0. The molecule has 0 saturated heterocycles. The van der Waals surface area contributed by atoms with E-state index in [0.717, 1.165) is 12.1 Å². The molecule has 5 heteroatoms. The molecular formula is C10H9F3O2. The molecular weight excluding hydrogens is 209 g/mol. The van der Waals surface area contributed by atoms with Crippen molar-refractivity contribution in [2.75, 3.05) is 6.61 Å². The molecule has 82 valence electrons. The number of aldehydes is 1. The van der Waals surface area contributed by atoms with Crippen LogP contribution in [0.4, 0.5) is 13.2 Å². The van der Waals surface area contributed by atoms with Crippen molar-refractivity contribution in [2.24, 2.45) is 0 Å². The Balaban J connectivity index is 3.22. The lowest BCUT2D eigenvalue weighted by Gasteiger charge is -2.13. The van der Waals surface area contributed by atoms with Gasteiger partial charge in [0, 0.05) is 5.56 Å². The van der Waals surface area contributed by atoms with Crippen molar-refractivity contribution in [1.82, 2.24) is 0 Å². The molecule has 0 radical (unpaired) electrons. The molecule has 0 aromatic heterocycles. The lowest BCUT2D eigenvalue weighted by molar-refractivity contribution is -0.138. The van der Waals surface area contributed by atoms with Crippen LogP contribution in [0.1, 0.15) is 22.8 Å². The molecule has 0 aliphatic rings. The zero-order chi connectivity index (χ0) is 11.5. The molecule has 0 amide bonds. The summed E-state index contributed by atoms with van der Waals surface area (Å²) in [7, 11) is 0. The van der Waals surface area contributed by atoms with Crippen LogP contribution in [0, 0.1) is 0 Å². The predicted octanol–water partition coefficient (Wildman–Crippen LogP) is 2.92. The summed E-state index contributed by atoms with van der Waals surface area (Å²) < 4.78 is 42.3. The summed E-state index contributed by atoms with van der Waals surface area (Å²) in [6.45, 7) is 1.73. The van der Waals surface area contributed by atoms with Gasteiger partial charge in [0.15, 0.2) is 0 Å². The van der Waals surface area contributed by atoms with E-state index in [2.05, 4.69) is 0 Å². The molecule has 0 aliphatic heterocycles. The standard InChI is InChI=1S/C10H9F3O2/c1-2-15-9-4-3-7(6-14)5-8(9)10(11,12)13/h3-6H,2H2,1H3. The Bertz CT molecular complexity index is 358. The summed E-state index contributed by atoms with van der Waals surface area (Å²) in [4.78, 5) is 10.3. The molecule has 0 bridgehead atoms. The van der Waals surface area contributed by atoms with Crippen molar-refractivity contribution < 1.29 is 22.7 Å². The van der Waals surface area contributed by atoms with Crippen LogP contribution in [0.25, 0.3) is 0 Å². The van der Waals surface area contributed by atoms with E-state index in [1.54, 1.807) is 6.92 Å². The van der Waals surface area contributed by atoms with Crippen molar-refractivity contribution in [3.05, 3.63) is 29.3 Å². The predicted molar refractivity (Wildman–Crippen MR) is 48.0 cm³/mol. The second-order valence-electron chi connectivity index (χ2n) is 2.80. The first kappa shape index (κ1) is 11.6. The highest BCUT2D eigenvalue weighted by Crippen LogP contribution is 2.36. The molecule has 0 spiro atoms. The second-order valence-corrected chi connectivity index (χ2v) is 2.80. The van der Waals surface area contributed by atoms with E-state index in [1.807, 2.05) is 0 Å². The molecule has 0 atom stereocenters. The van der Waals surface area contributed by atoms with Gasteiger partial charge in [-0.1, -0.05) is 0 Å². The van der Waals surface area contributed by atoms with Gasteiger partial charge in [0.25, 0.3) is 0 Å². The van der Waals surface area contributed by atoms with Crippen LogP contribution < -0.4 is 4.74 Å². The molecule has 1 aromatic rings. The molecule has 0 unspecified atom stereocenters. The first-order chi connectivity index (χ1) is 6.99. The summed E-state index contributed by atoms with van der Waals surface area (Å²) in [6.07, 6.45) is -4.14. The van der Waals surface area contributed by atoms with Crippen molar-refractivity contribution in [3.63, 3.8) is 0 Å². The monoisotopic (exact) mass is 218 g/mol. The summed E-state index contributed by atoms with van der Waals surface area (Å²) in [6, 6.07) is 3.21. The van der Waals surface area contributed by atoms with Crippen LogP contribution in [0.3, 0.4) is 0 Å². The molecule has 1 aromatic carbocycles. The maximum absolute atomic E-state index is 12.5. The third-order valence-corrected chi connectivity index (χ3v) is 1.74. The fraction of sp³-hybridized carbons (Fsp3) is 0.300. The van der Waals surface area contributed by atoms with Gasteiger partial charge < -0.3 is 4.74 Å². The van der Waals surface area contributed by atoms with Crippen molar-refractivity contribution in [3.8, 4) is 5.75 Å². The van der Waals surface area contributed by atoms with E-state index in [0.29, 0.717) is 6.29 Å². The molecule has 15 heavy (non-hydrogen) atoms. The minimum atomic E-state index is -4.51. The van der Waals surface area contributed by atoms with E-state index < -0.39 is 11.7 Å². The van der Waals surface area contributed by atoms with Gasteiger partial charge in [-0.3, -0.25) is 4.79 Å². The number of carbonyl (C=O) groups excluding carboxylic acids is 1. The lowest BCUT2D eigenvalue weighted by Crippen LogP contribution is -2.09. The Morgan fingerprint density at radius 2 is 2.07 bits per heavy atom. The van der Waals surface area contributed by atoms with E-state index in [1.165, 1.54) is 6.07 Å². The highest BCUT2D eigenvalue weighted by Gasteiger charge is 2.34. The molecule has 0 saturated carbocycles. The van der Waals surface area contributed by atoms with Gasteiger partial charge in [0.2, 0.25) is 0 Å². The third kappa shape index (κ3) is 2.71. The van der Waals surface area contributed by atoms with E-state index in [9.17, 15) is 18.0 Å². The molecule has 2 nitrogen and oxygen atoms in total. The van der Waals surface area contributed by atoms with E-state index in [4.69, 9.17) is 4.74 Å². The zero-order valence-corrected chi connectivity index (χ0v) is 7.97. The van der Waals surface area contributed by atoms with E-state index >= 15 is 0 Å². The largest absolute Gasteiger partial charge is 0.493 e. The summed E-state index contributed by atoms with van der Waals surface area (Å²) in [5, 5.41) is 0. The number of alkyl halides is 3. The van der Waals surface area contributed by atoms with Crippen LogP contribution in [0.15, 0.2) is 18.2 Å². The third-order valence-electron chi connectivity index (χ3n) is 1.74. The fourth-order valence-corrected chi connectivity index (χ4v) is 1.12. The van der Waals surface area contributed by atoms with Crippen molar-refractivity contribution in [2.45, 2.75) is 13.1 Å². The zero-order valence-electron chi connectivity index (χ0n) is 7.97. The summed E-state index contributed by atoms with van der Waals surface area (Å²) in [5.74, 6) is -0.254. The van der Waals surface area contributed by atoms with Gasteiger partial charge in [0.1, 0.15) is 12.0 Å². The van der Waals surface area contributed by atoms with Crippen molar-refractivity contribution in [1.29, 1.82) is 0 Å². The Hall–Kier alpha value is -1.52. The number of benzene rings is 1. The topological polar surface area (TPSA) is 26.3 Å². The Labute approximate surface area is 84.7 Å². The lowest BCUT2D eigenvalue weighted by atomic mass is 10.1. The first-order valence-corrected chi connectivity index (χ1v) is 4.28. The molecule has 1 rings (SSSR count). The van der Waals surface area contributed by atoms with Crippen LogP contribution in [-0.4, -0.2) is 12.9 Å². The highest BCUT2D eigenvalue weighted by atomic mass is 19.4. The maximum Gasteiger partial charge on any atom is 0.419 e. The first-order valence-electron chi connectivity index (χ1n) is 4.28. The van der Waals surface area contributed by atoms with Crippen LogP contribution in [0.2, 0.25) is 0 Å². The highest BCUT2D eigenvalue weighted by molar-refractivity contribution is 5.75. The molecule has 0 heterocycles. The number of hydrogen-bond acceptors (Lipinski definition) is 2. The average molecular weight is 218 g/mol. The number of rotatable bonds is 3. The molecule has 0 fully saturated rings. The average Bonchev–Trinajstić information content (AvgIpc) is 2.17. The smallest absolute Gasteiger partial charge is 0.419 e. The summed E-state index contributed by atoms with van der Waals surface area (Å²) >= 11 is 0. The van der Waals surface area contributed by atoms with Gasteiger partial charge in [-0.2, -0.15) is 13.2 Å². The van der Waals surface area contributed by atoms with Gasteiger partial charge in [-0.05, 0) is 25.1 Å². The second kappa shape index (κ2) is 4.33. The SMILES string of the molecule is CCOc1ccc(C=O)cc1C(F)(F)F. The van der Waals surface area contributed by atoms with Gasteiger partial charge >= 0.3 is 6.18 Å². The Morgan fingerprint density at radius 3 is 2.53 bits per heavy atom. The van der Waals surface area contributed by atoms with Gasteiger partial charge in [0.05, 0.1) is 12.2 Å². The fourth-order valence-electron chi connectivity index (χ4n) is 1.12. The Kier molecular flexibility index (Phi) is 3.34. The number of carbonyl (C=O) groups is 1. The van der Waals surface area contributed by atoms with Crippen LogP contribution >= 0.6 is 0 Å². The normalized spacial score (nSPS) is 11.2. The number of halogens is 3. The van der Waals surface area contributed by atoms with E-state index in [-0.39, 0.29) is 17.9 Å². The van der Waals surface area contributed by atoms with Crippen LogP contribution in [-0.2, 0) is 6.18 Å². The summed E-state index contributed by atoms with van der Waals surface area (Å²) in [5.41, 5.74) is -0.945. The van der Waals surface area contributed by atoms with Crippen molar-refractivity contribution >= 4 is 6.29 Å². The van der Waals surface area contributed by atoms with Gasteiger partial charge in [-0.25, -0.2) is 0 Å². The van der Waals surface area contributed by atoms with Gasteiger partial charge in [-0.15, -0.1) is 0 Å². The molecule has 0 aliphatic carbocycles. The quantitative estimate of drug-likeness (QED) is 0.729. The Morgan fingerprint density at radius 1 is 1.40 bits per heavy atom. The minimum Gasteiger partial charge on any atom is -0.493 e. The minimum absolute atomic E-state index is 0.0224.